The van der Waals surface area contributed by atoms with E-state index in [0.717, 1.165) is 10.0 Å². The molecular weight excluding hydrogens is 490 g/mol. The highest BCUT2D eigenvalue weighted by Gasteiger charge is 2.19. The van der Waals surface area contributed by atoms with Gasteiger partial charge in [-0.1, -0.05) is 40.2 Å². The van der Waals surface area contributed by atoms with Gasteiger partial charge in [0.2, 0.25) is 0 Å². The van der Waals surface area contributed by atoms with Crippen molar-refractivity contribution >= 4 is 39.3 Å². The second-order valence-corrected chi connectivity index (χ2v) is 7.67. The molecule has 1 amide bonds. The van der Waals surface area contributed by atoms with Crippen molar-refractivity contribution in [1.82, 2.24) is 0 Å². The van der Waals surface area contributed by atoms with Crippen molar-refractivity contribution in [2.75, 3.05) is 12.4 Å². The lowest BCUT2D eigenvalue weighted by Crippen LogP contribution is -2.14. The smallest absolute Gasteiger partial charge is 0.296 e. The van der Waals surface area contributed by atoms with Crippen LogP contribution >= 0.6 is 15.9 Å². The van der Waals surface area contributed by atoms with E-state index in [2.05, 4.69) is 21.2 Å². The number of nitro benzene ring substituents is 1. The molecule has 0 aliphatic carbocycles. The summed E-state index contributed by atoms with van der Waals surface area (Å²) in [7, 11) is 1.38. The van der Waals surface area contributed by atoms with Gasteiger partial charge in [0.15, 0.2) is 0 Å². The number of nitrogens with zero attached hydrogens (tertiary/aromatic N) is 2. The predicted octanol–water partition coefficient (Wildman–Crippen LogP) is 5.49. The zero-order chi connectivity index (χ0) is 23.8. The normalized spacial score (nSPS) is 10.8. The minimum absolute atomic E-state index is 0.0430. The Balaban J connectivity index is 1.76. The molecule has 3 aromatic rings. The maximum Gasteiger partial charge on any atom is 0.296 e. The summed E-state index contributed by atoms with van der Waals surface area (Å²) in [6.45, 7) is 0.354. The standard InChI is InChI=1S/C24H18BrN3O5/c1-32-20-9-10-22(23(13-20)28(30)31)27-24(29)18(14-26)11-17-3-2-4-21(12-17)33-15-16-5-7-19(25)8-6-16/h2-13H,15H2,1H3,(H,27,29)/b18-11+. The number of nitrogens with one attached hydrogen (secondary N) is 1. The van der Waals surface area contributed by atoms with Crippen molar-refractivity contribution in [3.05, 3.63) is 98.0 Å². The molecule has 0 radical (unpaired) electrons. The highest BCUT2D eigenvalue weighted by molar-refractivity contribution is 9.10. The van der Waals surface area contributed by atoms with Crippen molar-refractivity contribution in [2.24, 2.45) is 0 Å². The third kappa shape index (κ3) is 6.41. The van der Waals surface area contributed by atoms with Crippen molar-refractivity contribution in [3.63, 3.8) is 0 Å². The first-order valence-electron chi connectivity index (χ1n) is 9.62. The summed E-state index contributed by atoms with van der Waals surface area (Å²) in [4.78, 5) is 23.3. The van der Waals surface area contributed by atoms with Crippen LogP contribution in [0.2, 0.25) is 0 Å². The number of hydrogen-bond acceptors (Lipinski definition) is 6. The van der Waals surface area contributed by atoms with Crippen LogP contribution in [-0.4, -0.2) is 17.9 Å². The summed E-state index contributed by atoms with van der Waals surface area (Å²) in [6, 6.07) is 20.5. The first-order valence-corrected chi connectivity index (χ1v) is 10.4. The van der Waals surface area contributed by atoms with Gasteiger partial charge in [-0.25, -0.2) is 0 Å². The van der Waals surface area contributed by atoms with Crippen molar-refractivity contribution in [2.45, 2.75) is 6.61 Å². The zero-order valence-corrected chi connectivity index (χ0v) is 19.0. The van der Waals surface area contributed by atoms with Gasteiger partial charge in [-0.2, -0.15) is 5.26 Å². The van der Waals surface area contributed by atoms with Crippen LogP contribution in [-0.2, 0) is 11.4 Å². The van der Waals surface area contributed by atoms with Gasteiger partial charge >= 0.3 is 0 Å². The van der Waals surface area contributed by atoms with E-state index in [1.165, 1.54) is 31.4 Å². The number of hydrogen-bond donors (Lipinski definition) is 1. The molecule has 0 aromatic heterocycles. The number of nitriles is 1. The van der Waals surface area contributed by atoms with Crippen LogP contribution in [0.15, 0.2) is 76.8 Å². The van der Waals surface area contributed by atoms with E-state index in [9.17, 15) is 20.2 Å². The molecule has 0 spiro atoms. The van der Waals surface area contributed by atoms with Crippen LogP contribution in [0, 0.1) is 21.4 Å². The van der Waals surface area contributed by atoms with E-state index >= 15 is 0 Å². The van der Waals surface area contributed by atoms with Crippen LogP contribution in [0.1, 0.15) is 11.1 Å². The number of halogens is 1. The number of carbonyl (C=O) groups excluding carboxylic acids is 1. The molecule has 8 nitrogen and oxygen atoms in total. The van der Waals surface area contributed by atoms with E-state index in [0.29, 0.717) is 17.9 Å². The molecule has 3 aromatic carbocycles. The highest BCUT2D eigenvalue weighted by Crippen LogP contribution is 2.29. The van der Waals surface area contributed by atoms with Gasteiger partial charge in [-0.15, -0.1) is 0 Å². The maximum atomic E-state index is 12.6. The van der Waals surface area contributed by atoms with Gasteiger partial charge in [0.25, 0.3) is 11.6 Å². The van der Waals surface area contributed by atoms with E-state index < -0.39 is 10.8 Å². The fraction of sp³-hybridized carbons (Fsp3) is 0.0833. The average molecular weight is 508 g/mol. The molecule has 0 bridgehead atoms. The first kappa shape index (κ1) is 23.5. The van der Waals surface area contributed by atoms with Crippen LogP contribution < -0.4 is 14.8 Å². The quantitative estimate of drug-likeness (QED) is 0.186. The molecule has 0 heterocycles. The van der Waals surface area contributed by atoms with E-state index in [1.807, 2.05) is 30.3 Å². The molecule has 33 heavy (non-hydrogen) atoms. The topological polar surface area (TPSA) is 114 Å². The molecule has 0 aliphatic heterocycles. The Morgan fingerprint density at radius 1 is 1.15 bits per heavy atom. The maximum absolute atomic E-state index is 12.6. The Hall–Kier alpha value is -4.16. The van der Waals surface area contributed by atoms with Gasteiger partial charge < -0.3 is 14.8 Å². The van der Waals surface area contributed by atoms with Gasteiger partial charge in [0, 0.05) is 4.47 Å². The molecule has 0 atom stereocenters. The van der Waals surface area contributed by atoms with Gasteiger partial charge in [-0.05, 0) is 53.6 Å². The second-order valence-electron chi connectivity index (χ2n) is 6.75. The minimum atomic E-state index is -0.771. The first-order chi connectivity index (χ1) is 15.9. The Bertz CT molecular complexity index is 1250. The summed E-state index contributed by atoms with van der Waals surface area (Å²) >= 11 is 3.39. The summed E-state index contributed by atoms with van der Waals surface area (Å²) in [5, 5.41) is 23.2. The van der Waals surface area contributed by atoms with Crippen LogP contribution in [0.5, 0.6) is 11.5 Å². The number of methoxy groups -OCH3 is 1. The van der Waals surface area contributed by atoms with Crippen molar-refractivity contribution < 1.29 is 19.2 Å². The zero-order valence-electron chi connectivity index (χ0n) is 17.4. The lowest BCUT2D eigenvalue weighted by atomic mass is 10.1. The molecule has 9 heteroatoms. The summed E-state index contributed by atoms with van der Waals surface area (Å²) in [6.07, 6.45) is 1.39. The Morgan fingerprint density at radius 2 is 1.91 bits per heavy atom. The van der Waals surface area contributed by atoms with Gasteiger partial charge in [0.1, 0.15) is 35.4 Å². The average Bonchev–Trinajstić information content (AvgIpc) is 2.82. The van der Waals surface area contributed by atoms with Crippen LogP contribution in [0.25, 0.3) is 6.08 Å². The molecule has 0 saturated carbocycles. The Kier molecular flexibility index (Phi) is 7.78. The predicted molar refractivity (Wildman–Crippen MR) is 127 cm³/mol. The fourth-order valence-electron chi connectivity index (χ4n) is 2.84. The number of carbonyl (C=O) groups is 1. The molecule has 0 saturated heterocycles. The summed E-state index contributed by atoms with van der Waals surface area (Å²) < 4.78 is 11.7. The third-order valence-electron chi connectivity index (χ3n) is 4.50. The SMILES string of the molecule is COc1ccc(NC(=O)/C(C#N)=C/c2cccc(OCc3ccc(Br)cc3)c2)c([N+](=O)[O-])c1. The number of nitro groups is 1. The Morgan fingerprint density at radius 3 is 2.58 bits per heavy atom. The summed E-state index contributed by atoms with van der Waals surface area (Å²) in [5.41, 5.74) is 0.948. The fourth-order valence-corrected chi connectivity index (χ4v) is 3.11. The van der Waals surface area contributed by atoms with E-state index in [-0.39, 0.29) is 22.7 Å². The van der Waals surface area contributed by atoms with Gasteiger partial charge in [-0.3, -0.25) is 14.9 Å². The molecule has 166 valence electrons. The molecule has 0 fully saturated rings. The molecule has 1 N–H and O–H groups in total. The Labute approximate surface area is 198 Å². The molecular formula is C24H18BrN3O5. The third-order valence-corrected chi connectivity index (χ3v) is 5.03. The largest absolute Gasteiger partial charge is 0.496 e. The van der Waals surface area contributed by atoms with Gasteiger partial charge in [0.05, 0.1) is 18.1 Å². The van der Waals surface area contributed by atoms with Crippen LogP contribution in [0.3, 0.4) is 0 Å². The number of ether oxygens (including phenoxy) is 2. The van der Waals surface area contributed by atoms with Crippen molar-refractivity contribution in [3.8, 4) is 17.6 Å². The number of anilines is 1. The lowest BCUT2D eigenvalue weighted by molar-refractivity contribution is -0.384. The van der Waals surface area contributed by atoms with E-state index in [1.54, 1.807) is 24.3 Å². The van der Waals surface area contributed by atoms with Crippen molar-refractivity contribution in [1.29, 1.82) is 5.26 Å². The monoisotopic (exact) mass is 507 g/mol. The molecule has 0 aliphatic rings. The minimum Gasteiger partial charge on any atom is -0.496 e. The summed E-state index contributed by atoms with van der Waals surface area (Å²) in [5.74, 6) is 0.0674. The molecule has 0 unspecified atom stereocenters. The van der Waals surface area contributed by atoms with E-state index in [4.69, 9.17) is 9.47 Å². The highest BCUT2D eigenvalue weighted by atomic mass is 79.9. The number of benzene rings is 3. The second kappa shape index (κ2) is 10.9. The number of rotatable bonds is 8. The number of amides is 1. The lowest BCUT2D eigenvalue weighted by Gasteiger charge is -2.08. The van der Waals surface area contributed by atoms with Crippen LogP contribution in [0.4, 0.5) is 11.4 Å². The molecule has 3 rings (SSSR count).